The van der Waals surface area contributed by atoms with Crippen LogP contribution < -0.4 is 43.4 Å². The lowest BCUT2D eigenvalue weighted by molar-refractivity contribution is -0.143. The Hall–Kier alpha value is -6.17. The van der Waals surface area contributed by atoms with Crippen LogP contribution in [0.1, 0.15) is 97.6 Å². The van der Waals surface area contributed by atoms with Crippen molar-refractivity contribution in [2.75, 3.05) is 19.6 Å². The first-order chi connectivity index (χ1) is 30.1. The van der Waals surface area contributed by atoms with E-state index in [9.17, 15) is 63.3 Å². The lowest BCUT2D eigenvalue weighted by Gasteiger charge is -2.28. The van der Waals surface area contributed by atoms with E-state index in [1.54, 1.807) is 13.8 Å². The minimum absolute atomic E-state index is 0.00799. The first kappa shape index (κ1) is 54.0. The van der Waals surface area contributed by atoms with Gasteiger partial charge in [0, 0.05) is 31.3 Å². The van der Waals surface area contributed by atoms with Crippen molar-refractivity contribution in [1.29, 1.82) is 0 Å². The van der Waals surface area contributed by atoms with Gasteiger partial charge in [0.15, 0.2) is 0 Å². The molecule has 1 aliphatic rings. The summed E-state index contributed by atoms with van der Waals surface area (Å²) in [5.41, 5.74) is 12.0. The molecule has 1 fully saturated rings. The number of carboxylic acids is 3. The summed E-state index contributed by atoms with van der Waals surface area (Å²) in [7, 11) is 0. The van der Waals surface area contributed by atoms with Gasteiger partial charge in [-0.25, -0.2) is 9.78 Å². The van der Waals surface area contributed by atoms with Crippen LogP contribution in [0.15, 0.2) is 12.5 Å². The van der Waals surface area contributed by atoms with Crippen molar-refractivity contribution in [2.24, 2.45) is 23.3 Å². The van der Waals surface area contributed by atoms with Crippen LogP contribution >= 0.6 is 0 Å². The number of aromatic amines is 1. The van der Waals surface area contributed by atoms with E-state index in [0.717, 1.165) is 0 Å². The Labute approximate surface area is 370 Å². The van der Waals surface area contributed by atoms with Crippen LogP contribution in [0.4, 0.5) is 0 Å². The molecule has 2 rings (SSSR count). The lowest BCUT2D eigenvalue weighted by atomic mass is 10.0. The molecule has 0 saturated carbocycles. The zero-order valence-electron chi connectivity index (χ0n) is 36.7. The molecular weight excluding hydrogens is 843 g/mol. The second-order valence-electron chi connectivity index (χ2n) is 16.6. The first-order valence-electron chi connectivity index (χ1n) is 21.3. The molecule has 24 nitrogen and oxygen atoms in total. The Kier molecular flexibility index (Phi) is 22.9. The topological polar surface area (TPSA) is 388 Å². The lowest BCUT2D eigenvalue weighted by Crippen LogP contribution is -2.58. The minimum atomic E-state index is -1.78. The highest BCUT2D eigenvalue weighted by Crippen LogP contribution is 2.18. The van der Waals surface area contributed by atoms with Gasteiger partial charge < -0.3 is 68.6 Å². The molecule has 0 aliphatic carbocycles. The number of carboxylic acid groups (broad SMARTS) is 3. The fourth-order valence-corrected chi connectivity index (χ4v) is 6.90. The molecule has 24 heteroatoms. The maximum Gasteiger partial charge on any atom is 0.326 e. The van der Waals surface area contributed by atoms with E-state index in [2.05, 4.69) is 41.9 Å². The van der Waals surface area contributed by atoms with Gasteiger partial charge in [-0.15, -0.1) is 0 Å². The number of rotatable bonds is 29. The molecule has 0 aromatic carbocycles. The van der Waals surface area contributed by atoms with E-state index >= 15 is 0 Å². The standard InChI is InChI=1S/C40H65N11O13/c1-21(2)14-24(42)34(57)46-26(10-11-32(53)54)37(60)49-28(17-33(55)56)35(58)44-19-31(52)51-13-7-9-30(51)39(62)47-25(8-5-6-12-41)36(59)48-27(16-23-18-43-20-45-23)38(61)50-29(40(63)64)15-22(3)4/h18,20-22,24-30H,5-17,19,41-42H2,1-4H3,(H,43,45)(H,44,58)(H,46,57)(H,47,62)(H,48,59)(H,49,60)(H,50,61)(H,53,54)(H,55,56)(H,63,64). The average Bonchev–Trinajstić information content (AvgIpc) is 3.92. The Morgan fingerprint density at radius 2 is 1.34 bits per heavy atom. The van der Waals surface area contributed by atoms with E-state index in [0.29, 0.717) is 25.0 Å². The molecule has 2 heterocycles. The largest absolute Gasteiger partial charge is 0.481 e. The number of imidazole rings is 1. The normalized spacial score (nSPS) is 16.4. The van der Waals surface area contributed by atoms with Gasteiger partial charge >= 0.3 is 17.9 Å². The number of aromatic nitrogens is 2. The summed E-state index contributed by atoms with van der Waals surface area (Å²) in [6.45, 7) is 6.81. The number of carbonyl (C=O) groups is 10. The second-order valence-corrected chi connectivity index (χ2v) is 16.6. The zero-order chi connectivity index (χ0) is 48.1. The number of likely N-dealkylation sites (tertiary alicyclic amines) is 1. The number of nitrogens with one attached hydrogen (secondary N) is 7. The molecule has 1 aromatic rings. The number of nitrogens with two attached hydrogens (primary N) is 2. The zero-order valence-corrected chi connectivity index (χ0v) is 36.7. The predicted molar refractivity (Wildman–Crippen MR) is 226 cm³/mol. The Balaban J connectivity index is 2.20. The van der Waals surface area contributed by atoms with E-state index in [1.165, 1.54) is 17.4 Å². The van der Waals surface area contributed by atoms with Crippen LogP contribution in [0.2, 0.25) is 0 Å². The molecule has 64 heavy (non-hydrogen) atoms. The third-order valence-electron chi connectivity index (χ3n) is 10.2. The Morgan fingerprint density at radius 3 is 1.91 bits per heavy atom. The summed E-state index contributed by atoms with van der Waals surface area (Å²) >= 11 is 0. The van der Waals surface area contributed by atoms with Crippen molar-refractivity contribution in [3.05, 3.63) is 18.2 Å². The third-order valence-corrected chi connectivity index (χ3v) is 10.2. The summed E-state index contributed by atoms with van der Waals surface area (Å²) in [4.78, 5) is 137. The third kappa shape index (κ3) is 19.1. The van der Waals surface area contributed by atoms with Crippen molar-refractivity contribution >= 4 is 59.3 Å². The van der Waals surface area contributed by atoms with Gasteiger partial charge in [-0.1, -0.05) is 27.7 Å². The van der Waals surface area contributed by atoms with Gasteiger partial charge in [0.1, 0.15) is 36.3 Å². The van der Waals surface area contributed by atoms with Crippen molar-refractivity contribution in [1.82, 2.24) is 46.8 Å². The molecule has 14 N–H and O–H groups in total. The fourth-order valence-electron chi connectivity index (χ4n) is 6.90. The van der Waals surface area contributed by atoms with Gasteiger partial charge in [-0.05, 0) is 69.7 Å². The molecular formula is C40H65N11O13. The molecule has 0 radical (unpaired) electrons. The van der Waals surface area contributed by atoms with Crippen molar-refractivity contribution < 1.29 is 63.3 Å². The molecule has 0 spiro atoms. The number of hydrogen-bond donors (Lipinski definition) is 12. The summed E-state index contributed by atoms with van der Waals surface area (Å²) < 4.78 is 0. The molecule has 358 valence electrons. The highest BCUT2D eigenvalue weighted by atomic mass is 16.4. The van der Waals surface area contributed by atoms with Crippen LogP contribution in [-0.2, 0) is 54.4 Å². The van der Waals surface area contributed by atoms with Crippen LogP contribution in [0.3, 0.4) is 0 Å². The monoisotopic (exact) mass is 907 g/mol. The van der Waals surface area contributed by atoms with E-state index < -0.39 is 127 Å². The fraction of sp³-hybridized carbons (Fsp3) is 0.675. The highest BCUT2D eigenvalue weighted by Gasteiger charge is 2.38. The smallest absolute Gasteiger partial charge is 0.326 e. The quantitative estimate of drug-likeness (QED) is 0.0368. The highest BCUT2D eigenvalue weighted by molar-refractivity contribution is 5.98. The number of hydrogen-bond acceptors (Lipinski definition) is 13. The van der Waals surface area contributed by atoms with Gasteiger partial charge in [0.05, 0.1) is 25.3 Å². The molecule has 1 aromatic heterocycles. The molecule has 1 aliphatic heterocycles. The maximum absolute atomic E-state index is 13.8. The predicted octanol–water partition coefficient (Wildman–Crippen LogP) is -2.54. The van der Waals surface area contributed by atoms with Gasteiger partial charge in [0.25, 0.3) is 0 Å². The second kappa shape index (κ2) is 27.1. The van der Waals surface area contributed by atoms with Gasteiger partial charge in [-0.3, -0.25) is 43.2 Å². The molecule has 0 bridgehead atoms. The minimum Gasteiger partial charge on any atom is -0.481 e. The Bertz CT molecular complexity index is 1780. The number of H-pyrrole nitrogens is 1. The van der Waals surface area contributed by atoms with Crippen molar-refractivity contribution in [3.63, 3.8) is 0 Å². The number of aliphatic carboxylic acids is 3. The number of amides is 7. The molecule has 1 saturated heterocycles. The molecule has 7 unspecified atom stereocenters. The number of nitrogens with zero attached hydrogens (tertiary/aromatic N) is 2. The summed E-state index contributed by atoms with van der Waals surface area (Å²) in [6.07, 6.45) is 2.59. The summed E-state index contributed by atoms with van der Waals surface area (Å²) in [6, 6.07) is -9.19. The summed E-state index contributed by atoms with van der Waals surface area (Å²) in [5, 5.41) is 43.1. The first-order valence-corrected chi connectivity index (χ1v) is 21.3. The average molecular weight is 908 g/mol. The van der Waals surface area contributed by atoms with E-state index in [4.69, 9.17) is 11.5 Å². The van der Waals surface area contributed by atoms with Gasteiger partial charge in [0.2, 0.25) is 41.4 Å². The van der Waals surface area contributed by atoms with E-state index in [-0.39, 0.29) is 57.0 Å². The van der Waals surface area contributed by atoms with Crippen LogP contribution in [0.5, 0.6) is 0 Å². The van der Waals surface area contributed by atoms with Gasteiger partial charge in [-0.2, -0.15) is 0 Å². The summed E-state index contributed by atoms with van der Waals surface area (Å²) in [5.74, 6) is -10.1. The van der Waals surface area contributed by atoms with Crippen LogP contribution in [0.25, 0.3) is 0 Å². The maximum atomic E-state index is 13.8. The van der Waals surface area contributed by atoms with Crippen molar-refractivity contribution in [3.8, 4) is 0 Å². The molecule has 7 atom stereocenters. The number of unbranched alkanes of at least 4 members (excludes halogenated alkanes) is 1. The van der Waals surface area contributed by atoms with Crippen LogP contribution in [0, 0.1) is 11.8 Å². The van der Waals surface area contributed by atoms with Crippen molar-refractivity contribution in [2.45, 2.75) is 141 Å². The SMILES string of the molecule is CC(C)CC(N)C(=O)NC(CCC(=O)O)C(=O)NC(CC(=O)O)C(=O)NCC(=O)N1CCCC1C(=O)NC(CCCCN)C(=O)NC(Cc1cnc[nH]1)C(=O)NC(CC(C)C)C(=O)O. The molecule has 7 amide bonds. The van der Waals surface area contributed by atoms with Crippen LogP contribution in [-0.4, -0.2) is 151 Å². The van der Waals surface area contributed by atoms with E-state index in [1.807, 2.05) is 13.8 Å². The Morgan fingerprint density at radius 1 is 0.750 bits per heavy atom. The number of carbonyl (C=O) groups excluding carboxylic acids is 7.